The topological polar surface area (TPSA) is 69.9 Å². The molecule has 6 nitrogen and oxygen atoms in total. The molecule has 0 unspecified atom stereocenters. The van der Waals surface area contributed by atoms with Crippen LogP contribution in [0.2, 0.25) is 5.02 Å². The lowest BCUT2D eigenvalue weighted by atomic mass is 10.5. The van der Waals surface area contributed by atoms with E-state index < -0.39 is 5.97 Å². The molecule has 7 heteroatoms. The van der Waals surface area contributed by atoms with Crippen LogP contribution in [0.25, 0.3) is 5.82 Å². The summed E-state index contributed by atoms with van der Waals surface area (Å²) < 4.78 is 4.51. The third-order valence-corrected chi connectivity index (χ3v) is 2.11. The monoisotopic (exact) mass is 238 g/mol. The molecule has 0 spiro atoms. The standard InChI is InChI=1S/C9H7ClN4O2/c1-16-9(15)7-5-12-14(13-7)8-6(10)3-2-4-11-8/h2-5H,1H3. The Hall–Kier alpha value is -1.95. The lowest BCUT2D eigenvalue weighted by Gasteiger charge is -1.99. The van der Waals surface area contributed by atoms with Crippen LogP contribution in [0.1, 0.15) is 10.5 Å². The Morgan fingerprint density at radius 2 is 2.38 bits per heavy atom. The van der Waals surface area contributed by atoms with Gasteiger partial charge in [-0.25, -0.2) is 9.78 Å². The molecule has 0 saturated heterocycles. The molecule has 0 aliphatic carbocycles. The minimum absolute atomic E-state index is 0.101. The van der Waals surface area contributed by atoms with Crippen LogP contribution in [0.4, 0.5) is 0 Å². The summed E-state index contributed by atoms with van der Waals surface area (Å²) in [7, 11) is 1.27. The van der Waals surface area contributed by atoms with Gasteiger partial charge in [-0.05, 0) is 12.1 Å². The molecule has 0 aromatic carbocycles. The molecule has 0 aliphatic heterocycles. The predicted molar refractivity (Wildman–Crippen MR) is 55.5 cm³/mol. The first-order chi connectivity index (χ1) is 7.72. The number of rotatable bonds is 2. The molecular weight excluding hydrogens is 232 g/mol. The number of halogens is 1. The van der Waals surface area contributed by atoms with Crippen LogP contribution in [-0.4, -0.2) is 33.1 Å². The van der Waals surface area contributed by atoms with Gasteiger partial charge in [-0.3, -0.25) is 0 Å². The second-order valence-corrected chi connectivity index (χ2v) is 3.23. The molecule has 0 amide bonds. The van der Waals surface area contributed by atoms with Gasteiger partial charge in [0.1, 0.15) is 0 Å². The number of hydrogen-bond acceptors (Lipinski definition) is 5. The molecule has 2 aromatic heterocycles. The van der Waals surface area contributed by atoms with E-state index in [1.54, 1.807) is 18.3 Å². The number of methoxy groups -OCH3 is 1. The molecule has 16 heavy (non-hydrogen) atoms. The smallest absolute Gasteiger partial charge is 0.360 e. The van der Waals surface area contributed by atoms with Gasteiger partial charge in [0, 0.05) is 6.20 Å². The van der Waals surface area contributed by atoms with Crippen LogP contribution in [-0.2, 0) is 4.74 Å². The maximum atomic E-state index is 11.2. The summed E-state index contributed by atoms with van der Waals surface area (Å²) in [6.45, 7) is 0. The van der Waals surface area contributed by atoms with E-state index in [2.05, 4.69) is 19.9 Å². The molecule has 0 saturated carbocycles. The van der Waals surface area contributed by atoms with E-state index in [9.17, 15) is 4.79 Å². The van der Waals surface area contributed by atoms with E-state index in [0.717, 1.165) is 0 Å². The summed E-state index contributed by atoms with van der Waals surface area (Å²) in [5, 5.41) is 8.17. The molecule has 0 fully saturated rings. The second-order valence-electron chi connectivity index (χ2n) is 2.82. The Morgan fingerprint density at radius 1 is 1.56 bits per heavy atom. The van der Waals surface area contributed by atoms with Crippen LogP contribution < -0.4 is 0 Å². The maximum absolute atomic E-state index is 11.2. The predicted octanol–water partition coefficient (Wildman–Crippen LogP) is 1.10. The number of pyridine rings is 1. The van der Waals surface area contributed by atoms with E-state index in [1.165, 1.54) is 18.1 Å². The van der Waals surface area contributed by atoms with Crippen molar-refractivity contribution in [3.05, 3.63) is 35.2 Å². The molecule has 0 N–H and O–H groups in total. The van der Waals surface area contributed by atoms with E-state index in [4.69, 9.17) is 11.6 Å². The molecule has 2 aromatic rings. The van der Waals surface area contributed by atoms with Crippen molar-refractivity contribution in [2.24, 2.45) is 0 Å². The number of hydrogen-bond donors (Lipinski definition) is 0. The molecule has 0 aliphatic rings. The van der Waals surface area contributed by atoms with E-state index >= 15 is 0 Å². The highest BCUT2D eigenvalue weighted by atomic mass is 35.5. The van der Waals surface area contributed by atoms with Crippen molar-refractivity contribution in [1.82, 2.24) is 20.0 Å². The minimum Gasteiger partial charge on any atom is -0.464 e. The first-order valence-electron chi connectivity index (χ1n) is 4.34. The number of carbonyl (C=O) groups is 1. The van der Waals surface area contributed by atoms with Crippen molar-refractivity contribution < 1.29 is 9.53 Å². The van der Waals surface area contributed by atoms with Crippen LogP contribution in [0.5, 0.6) is 0 Å². The van der Waals surface area contributed by atoms with E-state index in [0.29, 0.717) is 10.8 Å². The van der Waals surface area contributed by atoms with Gasteiger partial charge in [-0.2, -0.15) is 5.10 Å². The maximum Gasteiger partial charge on any atom is 0.360 e. The van der Waals surface area contributed by atoms with E-state index in [1.807, 2.05) is 0 Å². The molecular formula is C9H7ClN4O2. The van der Waals surface area contributed by atoms with Gasteiger partial charge in [-0.15, -0.1) is 9.90 Å². The Morgan fingerprint density at radius 3 is 3.06 bits per heavy atom. The fourth-order valence-electron chi connectivity index (χ4n) is 1.09. The molecule has 0 radical (unpaired) electrons. The summed E-state index contributed by atoms with van der Waals surface area (Å²) in [5.74, 6) is -0.197. The van der Waals surface area contributed by atoms with Crippen molar-refractivity contribution in [2.75, 3.05) is 7.11 Å². The van der Waals surface area contributed by atoms with Crippen molar-refractivity contribution >= 4 is 17.6 Å². The summed E-state index contributed by atoms with van der Waals surface area (Å²) in [6, 6.07) is 3.35. The third kappa shape index (κ3) is 1.87. The van der Waals surface area contributed by atoms with Crippen LogP contribution in [0.15, 0.2) is 24.5 Å². The second kappa shape index (κ2) is 4.28. The zero-order chi connectivity index (χ0) is 11.5. The average molecular weight is 239 g/mol. The van der Waals surface area contributed by atoms with Crippen LogP contribution >= 0.6 is 11.6 Å². The Balaban J connectivity index is 2.39. The summed E-state index contributed by atoms with van der Waals surface area (Å²) in [5.41, 5.74) is 0.101. The van der Waals surface area contributed by atoms with Crippen molar-refractivity contribution in [3.63, 3.8) is 0 Å². The summed E-state index contributed by atoms with van der Waals surface area (Å²) in [6.07, 6.45) is 2.85. The average Bonchev–Trinajstić information content (AvgIpc) is 2.78. The van der Waals surface area contributed by atoms with Crippen LogP contribution in [0, 0.1) is 0 Å². The third-order valence-electron chi connectivity index (χ3n) is 1.81. The van der Waals surface area contributed by atoms with Gasteiger partial charge in [0.25, 0.3) is 0 Å². The zero-order valence-electron chi connectivity index (χ0n) is 8.29. The first-order valence-corrected chi connectivity index (χ1v) is 4.71. The van der Waals surface area contributed by atoms with Gasteiger partial charge in [-0.1, -0.05) is 11.6 Å². The fourth-order valence-corrected chi connectivity index (χ4v) is 1.28. The van der Waals surface area contributed by atoms with E-state index in [-0.39, 0.29) is 5.69 Å². The number of ether oxygens (including phenoxy) is 1. The van der Waals surface area contributed by atoms with Gasteiger partial charge >= 0.3 is 5.97 Å². The molecule has 82 valence electrons. The highest BCUT2D eigenvalue weighted by Gasteiger charge is 2.13. The lowest BCUT2D eigenvalue weighted by molar-refractivity contribution is 0.0593. The fraction of sp³-hybridized carbons (Fsp3) is 0.111. The Bertz CT molecular complexity index is 526. The van der Waals surface area contributed by atoms with Crippen LogP contribution in [0.3, 0.4) is 0 Å². The summed E-state index contributed by atoms with van der Waals surface area (Å²) in [4.78, 5) is 16.3. The number of esters is 1. The van der Waals surface area contributed by atoms with Gasteiger partial charge in [0.15, 0.2) is 11.5 Å². The highest BCUT2D eigenvalue weighted by Crippen LogP contribution is 2.15. The zero-order valence-corrected chi connectivity index (χ0v) is 9.05. The Kier molecular flexibility index (Phi) is 2.82. The van der Waals surface area contributed by atoms with Crippen molar-refractivity contribution in [2.45, 2.75) is 0 Å². The minimum atomic E-state index is -0.557. The summed E-state index contributed by atoms with van der Waals surface area (Å²) >= 11 is 5.90. The molecule has 0 atom stereocenters. The molecule has 0 bridgehead atoms. The number of carbonyl (C=O) groups excluding carboxylic acids is 1. The van der Waals surface area contributed by atoms with Gasteiger partial charge in [0.05, 0.1) is 18.3 Å². The quantitative estimate of drug-likeness (QED) is 0.733. The van der Waals surface area contributed by atoms with Gasteiger partial charge < -0.3 is 4.74 Å². The lowest BCUT2D eigenvalue weighted by Crippen LogP contribution is -2.06. The largest absolute Gasteiger partial charge is 0.464 e. The SMILES string of the molecule is COC(=O)c1cnn(-c2ncccc2Cl)n1. The number of nitrogens with zero attached hydrogens (tertiary/aromatic N) is 4. The highest BCUT2D eigenvalue weighted by molar-refractivity contribution is 6.32. The number of aromatic nitrogens is 4. The van der Waals surface area contributed by atoms with Gasteiger partial charge in [0.2, 0.25) is 0 Å². The first kappa shape index (κ1) is 10.6. The van der Waals surface area contributed by atoms with Crippen molar-refractivity contribution in [3.8, 4) is 5.82 Å². The van der Waals surface area contributed by atoms with Crippen molar-refractivity contribution in [1.29, 1.82) is 0 Å². The molecule has 2 rings (SSSR count). The normalized spacial score (nSPS) is 10.1. The Labute approximate surface area is 95.8 Å². The molecule has 2 heterocycles.